The molecule has 4 nitrogen and oxygen atoms in total. The number of hydrogen-bond acceptors (Lipinski definition) is 4. The molecule has 1 heterocycles. The van der Waals surface area contributed by atoms with Gasteiger partial charge in [0, 0.05) is 30.1 Å². The minimum absolute atomic E-state index is 0.0602. The minimum atomic E-state index is -1.54. The van der Waals surface area contributed by atoms with Crippen molar-refractivity contribution in [2.75, 3.05) is 18.2 Å². The molecule has 174 valence electrons. The number of carbonyl (C=O) groups is 1. The lowest BCUT2D eigenvalue weighted by Gasteiger charge is -2.33. The Morgan fingerprint density at radius 3 is 2.53 bits per heavy atom. The molecule has 0 aliphatic carbocycles. The number of thioether (sulfide) groups is 1. The minimum Gasteiger partial charge on any atom is -0.381 e. The van der Waals surface area contributed by atoms with Crippen molar-refractivity contribution in [2.45, 2.75) is 51.3 Å². The fourth-order valence-electron chi connectivity index (χ4n) is 4.11. The average molecular weight is 467 g/mol. The maximum Gasteiger partial charge on any atom is 0.254 e. The molecule has 2 unspecified atom stereocenters. The van der Waals surface area contributed by atoms with E-state index in [1.165, 1.54) is 19.9 Å². The van der Waals surface area contributed by atoms with Gasteiger partial charge in [0.1, 0.15) is 23.1 Å². The van der Waals surface area contributed by atoms with Gasteiger partial charge in [0.2, 0.25) is 0 Å². The Kier molecular flexibility index (Phi) is 7.90. The summed E-state index contributed by atoms with van der Waals surface area (Å²) in [5.41, 5.74) is -0.968. The van der Waals surface area contributed by atoms with Crippen molar-refractivity contribution in [2.24, 2.45) is 0 Å². The number of aliphatic hydroxyl groups is 1. The monoisotopic (exact) mass is 466 g/mol. The molecule has 1 aliphatic rings. The Hall–Kier alpha value is -2.03. The first-order valence-corrected chi connectivity index (χ1v) is 11.9. The number of nitrogens with one attached hydrogen (secondary N) is 1. The van der Waals surface area contributed by atoms with E-state index >= 15 is 4.39 Å². The first-order chi connectivity index (χ1) is 15.1. The number of nitrogens with zero attached hydrogens (tertiary/aromatic N) is 1. The number of carbonyl (C=O) groups excluding carboxylic acids is 1. The van der Waals surface area contributed by atoms with Gasteiger partial charge in [-0.3, -0.25) is 4.79 Å². The van der Waals surface area contributed by atoms with Gasteiger partial charge in [0.25, 0.3) is 5.91 Å². The number of likely N-dealkylation sites (tertiary alicyclic amines) is 1. The van der Waals surface area contributed by atoms with Gasteiger partial charge in [0.15, 0.2) is 0 Å². The Balaban J connectivity index is 1.92. The van der Waals surface area contributed by atoms with Gasteiger partial charge in [-0.2, -0.15) is 0 Å². The third-order valence-corrected chi connectivity index (χ3v) is 6.44. The second kappa shape index (κ2) is 10.3. The van der Waals surface area contributed by atoms with E-state index in [0.717, 1.165) is 24.0 Å². The van der Waals surface area contributed by atoms with Crippen LogP contribution in [0, 0.1) is 17.5 Å². The summed E-state index contributed by atoms with van der Waals surface area (Å²) >= 11 is 1.71. The molecule has 2 atom stereocenters. The topological polar surface area (TPSA) is 52.6 Å². The molecule has 0 aromatic heterocycles. The zero-order valence-electron chi connectivity index (χ0n) is 18.5. The largest absolute Gasteiger partial charge is 0.381 e. The molecule has 1 amide bonds. The normalized spacial score (nSPS) is 18.9. The third-order valence-electron chi connectivity index (χ3n) is 5.66. The zero-order chi connectivity index (χ0) is 23.5. The van der Waals surface area contributed by atoms with Gasteiger partial charge in [-0.05, 0) is 55.7 Å². The number of benzene rings is 2. The van der Waals surface area contributed by atoms with E-state index in [1.807, 2.05) is 0 Å². The zero-order valence-corrected chi connectivity index (χ0v) is 19.3. The highest BCUT2D eigenvalue weighted by atomic mass is 32.2. The molecule has 1 aliphatic heterocycles. The van der Waals surface area contributed by atoms with E-state index in [-0.39, 0.29) is 29.6 Å². The van der Waals surface area contributed by atoms with Crippen LogP contribution in [0.5, 0.6) is 0 Å². The van der Waals surface area contributed by atoms with Crippen molar-refractivity contribution < 1.29 is 23.1 Å². The van der Waals surface area contributed by atoms with E-state index in [2.05, 4.69) is 12.2 Å². The van der Waals surface area contributed by atoms with Gasteiger partial charge in [-0.15, -0.1) is 11.8 Å². The van der Waals surface area contributed by atoms with E-state index in [1.54, 1.807) is 28.8 Å². The molecule has 2 aromatic carbocycles. The van der Waals surface area contributed by atoms with Crippen molar-refractivity contribution in [3.05, 3.63) is 59.4 Å². The second-order valence-electron chi connectivity index (χ2n) is 8.50. The number of hydrogen-bond donors (Lipinski definition) is 2. The molecule has 0 radical (unpaired) electrons. The van der Waals surface area contributed by atoms with Crippen LogP contribution in [-0.4, -0.2) is 51.8 Å². The van der Waals surface area contributed by atoms with Crippen molar-refractivity contribution in [1.82, 2.24) is 10.2 Å². The summed E-state index contributed by atoms with van der Waals surface area (Å²) in [4.78, 5) is 14.5. The third kappa shape index (κ3) is 5.66. The van der Waals surface area contributed by atoms with Crippen molar-refractivity contribution >= 4 is 17.7 Å². The lowest BCUT2D eigenvalue weighted by molar-refractivity contribution is -0.148. The fraction of sp³-hybridized carbons (Fsp3) is 0.458. The van der Waals surface area contributed by atoms with Gasteiger partial charge in [-0.25, -0.2) is 13.2 Å². The molecule has 3 rings (SSSR count). The van der Waals surface area contributed by atoms with Crippen LogP contribution >= 0.6 is 11.8 Å². The quantitative estimate of drug-likeness (QED) is 0.449. The van der Waals surface area contributed by atoms with Crippen LogP contribution in [0.15, 0.2) is 36.4 Å². The van der Waals surface area contributed by atoms with Gasteiger partial charge in [-0.1, -0.05) is 25.1 Å². The fourth-order valence-corrected chi connectivity index (χ4v) is 4.65. The van der Waals surface area contributed by atoms with Crippen LogP contribution in [-0.2, 0) is 11.2 Å². The molecule has 8 heteroatoms. The first kappa shape index (κ1) is 24.6. The van der Waals surface area contributed by atoms with Crippen LogP contribution in [0.25, 0.3) is 11.1 Å². The van der Waals surface area contributed by atoms with Crippen molar-refractivity contribution in [3.8, 4) is 11.1 Å². The summed E-state index contributed by atoms with van der Waals surface area (Å²) in [7, 11) is 0. The summed E-state index contributed by atoms with van der Waals surface area (Å²) < 4.78 is 42.8. The lowest BCUT2D eigenvalue weighted by Crippen LogP contribution is -2.52. The summed E-state index contributed by atoms with van der Waals surface area (Å²) in [6, 6.07) is 7.26. The van der Waals surface area contributed by atoms with E-state index < -0.39 is 29.0 Å². The lowest BCUT2D eigenvalue weighted by atomic mass is 9.95. The smallest absolute Gasteiger partial charge is 0.254 e. The molecular formula is C24H29F3N2O2S. The number of halogens is 3. The Labute approximate surface area is 191 Å². The van der Waals surface area contributed by atoms with E-state index in [9.17, 15) is 18.7 Å². The summed E-state index contributed by atoms with van der Waals surface area (Å²) in [5.74, 6) is -0.883. The molecule has 1 fully saturated rings. The molecule has 2 N–H and O–H groups in total. The summed E-state index contributed by atoms with van der Waals surface area (Å²) in [5, 5.41) is 13.7. The predicted octanol–water partition coefficient (Wildman–Crippen LogP) is 4.35. The molecular weight excluding hydrogens is 437 g/mol. The standard InChI is InChI=1S/C24H29F3N2O2S/c1-4-32-14-28-20-8-9-29(23(30)24(2,3)31)21(20)12-15-6-5-7-19(22(15)27)16-10-17(25)13-18(26)11-16/h5-7,10-11,13,20-21,28,31H,4,8-9,12,14H2,1-3H3. The summed E-state index contributed by atoms with van der Waals surface area (Å²) in [6.45, 7) is 5.40. The second-order valence-corrected chi connectivity index (χ2v) is 9.78. The predicted molar refractivity (Wildman–Crippen MR) is 122 cm³/mol. The van der Waals surface area contributed by atoms with E-state index in [0.29, 0.717) is 24.4 Å². The number of rotatable bonds is 8. The summed E-state index contributed by atoms with van der Waals surface area (Å²) in [6.07, 6.45) is 0.904. The van der Waals surface area contributed by atoms with Gasteiger partial charge >= 0.3 is 0 Å². The molecule has 2 aromatic rings. The highest BCUT2D eigenvalue weighted by Gasteiger charge is 2.41. The van der Waals surface area contributed by atoms with E-state index in [4.69, 9.17) is 0 Å². The van der Waals surface area contributed by atoms with Crippen molar-refractivity contribution in [3.63, 3.8) is 0 Å². The van der Waals surface area contributed by atoms with Crippen molar-refractivity contribution in [1.29, 1.82) is 0 Å². The molecule has 0 spiro atoms. The maximum atomic E-state index is 15.4. The first-order valence-electron chi connectivity index (χ1n) is 10.7. The van der Waals surface area contributed by atoms with Crippen LogP contribution in [0.3, 0.4) is 0 Å². The van der Waals surface area contributed by atoms with Crippen LogP contribution in [0.4, 0.5) is 13.2 Å². The van der Waals surface area contributed by atoms with Crippen LogP contribution < -0.4 is 5.32 Å². The Morgan fingerprint density at radius 1 is 1.22 bits per heavy atom. The Bertz CT molecular complexity index is 944. The highest BCUT2D eigenvalue weighted by Crippen LogP contribution is 2.30. The molecule has 0 bridgehead atoms. The molecule has 32 heavy (non-hydrogen) atoms. The SMILES string of the molecule is CCSCNC1CCN(C(=O)C(C)(C)O)C1Cc1cccc(-c2cc(F)cc(F)c2)c1F. The van der Waals surface area contributed by atoms with Crippen LogP contribution in [0.2, 0.25) is 0 Å². The van der Waals surface area contributed by atoms with Gasteiger partial charge < -0.3 is 15.3 Å². The number of amides is 1. The maximum absolute atomic E-state index is 15.4. The Morgan fingerprint density at radius 2 is 1.91 bits per heavy atom. The molecule has 0 saturated carbocycles. The highest BCUT2D eigenvalue weighted by molar-refractivity contribution is 7.99. The van der Waals surface area contributed by atoms with Crippen LogP contribution in [0.1, 0.15) is 32.8 Å². The van der Waals surface area contributed by atoms with Gasteiger partial charge in [0.05, 0.1) is 6.04 Å². The molecule has 1 saturated heterocycles. The average Bonchev–Trinajstić information content (AvgIpc) is 3.10.